The molecule has 7 heteroatoms. The van der Waals surface area contributed by atoms with Gasteiger partial charge in [-0.15, -0.1) is 0 Å². The summed E-state index contributed by atoms with van der Waals surface area (Å²) in [7, 11) is 0. The quantitative estimate of drug-likeness (QED) is 0.648. The van der Waals surface area contributed by atoms with Gasteiger partial charge in [-0.3, -0.25) is 0 Å². The van der Waals surface area contributed by atoms with Crippen LogP contribution in [0.2, 0.25) is 0 Å². The molecule has 1 aromatic heterocycles. The molecule has 6 nitrogen and oxygen atoms in total. The highest BCUT2D eigenvalue weighted by molar-refractivity contribution is 9.10. The molecule has 0 saturated carbocycles. The maximum Gasteiger partial charge on any atom is 0.159 e. The Morgan fingerprint density at radius 3 is 3.00 bits per heavy atom. The van der Waals surface area contributed by atoms with Crippen LogP contribution in [0.25, 0.3) is 0 Å². The van der Waals surface area contributed by atoms with Crippen molar-refractivity contribution in [1.82, 2.24) is 9.97 Å². The fourth-order valence-electron chi connectivity index (χ4n) is 2.20. The van der Waals surface area contributed by atoms with E-state index in [2.05, 4.69) is 36.2 Å². The van der Waals surface area contributed by atoms with E-state index in [-0.39, 0.29) is 0 Å². The molecule has 0 fully saturated rings. The van der Waals surface area contributed by atoms with Crippen LogP contribution in [0.5, 0.6) is 5.75 Å². The number of nitrogens with two attached hydrogens (primary N) is 1. The maximum absolute atomic E-state index is 5.76. The molecule has 0 spiro atoms. The lowest BCUT2D eigenvalue weighted by Crippen LogP contribution is -2.20. The number of fused-ring (bicyclic) bond motifs is 1. The molecule has 0 amide bonds. The number of anilines is 3. The van der Waals surface area contributed by atoms with Gasteiger partial charge in [-0.25, -0.2) is 15.8 Å². The van der Waals surface area contributed by atoms with Gasteiger partial charge in [0.05, 0.1) is 12.3 Å². The highest BCUT2D eigenvalue weighted by Gasteiger charge is 2.21. The normalized spacial score (nSPS) is 14.2. The number of nitrogens with zero attached hydrogens (tertiary/aromatic N) is 3. The number of hydrazine groups is 1. The summed E-state index contributed by atoms with van der Waals surface area (Å²) in [5.74, 6) is 7.64. The van der Waals surface area contributed by atoms with Crippen molar-refractivity contribution in [2.24, 2.45) is 5.84 Å². The Hall–Kier alpha value is -1.86. The summed E-state index contributed by atoms with van der Waals surface area (Å²) in [6.07, 6.45) is 2.40. The first kappa shape index (κ1) is 13.1. The average Bonchev–Trinajstić information content (AvgIpc) is 2.70. The van der Waals surface area contributed by atoms with E-state index in [1.807, 2.05) is 24.3 Å². The number of halogens is 1. The van der Waals surface area contributed by atoms with Crippen molar-refractivity contribution in [3.63, 3.8) is 0 Å². The van der Waals surface area contributed by atoms with Crippen molar-refractivity contribution in [3.8, 4) is 5.75 Å². The number of hydrogen-bond donors (Lipinski definition) is 2. The van der Waals surface area contributed by atoms with E-state index < -0.39 is 0 Å². The molecule has 104 valence electrons. The van der Waals surface area contributed by atoms with Gasteiger partial charge in [0.15, 0.2) is 11.6 Å². The number of para-hydroxylation sites is 2. The Balaban J connectivity index is 2.10. The molecule has 0 unspecified atom stereocenters. The van der Waals surface area contributed by atoms with Crippen LogP contribution in [0.4, 0.5) is 17.3 Å². The van der Waals surface area contributed by atoms with Crippen molar-refractivity contribution in [1.29, 1.82) is 0 Å². The smallest absolute Gasteiger partial charge is 0.159 e. The minimum atomic E-state index is 0.553. The van der Waals surface area contributed by atoms with Crippen molar-refractivity contribution in [2.45, 2.75) is 6.42 Å². The zero-order chi connectivity index (χ0) is 13.9. The third-order valence-electron chi connectivity index (χ3n) is 3.10. The van der Waals surface area contributed by atoms with E-state index >= 15 is 0 Å². The maximum atomic E-state index is 5.76. The fourth-order valence-corrected chi connectivity index (χ4v) is 2.73. The van der Waals surface area contributed by atoms with Gasteiger partial charge in [-0.05, 0) is 34.5 Å². The number of rotatable bonds is 2. The van der Waals surface area contributed by atoms with Crippen molar-refractivity contribution < 1.29 is 4.74 Å². The predicted molar refractivity (Wildman–Crippen MR) is 81.1 cm³/mol. The molecule has 0 bridgehead atoms. The molecule has 3 rings (SSSR count). The number of nitrogen functional groups attached to an aromatic ring is 1. The van der Waals surface area contributed by atoms with Crippen LogP contribution >= 0.6 is 15.9 Å². The summed E-state index contributed by atoms with van der Waals surface area (Å²) in [6.45, 7) is 1.51. The van der Waals surface area contributed by atoms with E-state index in [4.69, 9.17) is 10.6 Å². The van der Waals surface area contributed by atoms with Crippen LogP contribution in [0.3, 0.4) is 0 Å². The third-order valence-corrected chi connectivity index (χ3v) is 3.83. The number of aromatic nitrogens is 2. The SMILES string of the molecule is NNc1ncnc(N2CCCOc3ccccc32)c1Br. The highest BCUT2D eigenvalue weighted by atomic mass is 79.9. The van der Waals surface area contributed by atoms with E-state index in [1.54, 1.807) is 0 Å². The Morgan fingerprint density at radius 2 is 2.15 bits per heavy atom. The number of hydrogen-bond acceptors (Lipinski definition) is 6. The summed E-state index contributed by atoms with van der Waals surface area (Å²) >= 11 is 3.50. The monoisotopic (exact) mass is 335 g/mol. The second-order valence-electron chi connectivity index (χ2n) is 4.33. The van der Waals surface area contributed by atoms with Crippen LogP contribution in [0.1, 0.15) is 6.42 Å². The fraction of sp³-hybridized carbons (Fsp3) is 0.231. The Labute approximate surface area is 125 Å². The van der Waals surface area contributed by atoms with Gasteiger partial charge in [0, 0.05) is 6.54 Å². The molecular weight excluding hydrogens is 322 g/mol. The van der Waals surface area contributed by atoms with Gasteiger partial charge in [-0.2, -0.15) is 0 Å². The molecule has 0 aliphatic carbocycles. The van der Waals surface area contributed by atoms with E-state index in [1.165, 1.54) is 6.33 Å². The van der Waals surface area contributed by atoms with E-state index in [0.29, 0.717) is 12.4 Å². The Kier molecular flexibility index (Phi) is 3.70. The average molecular weight is 336 g/mol. The summed E-state index contributed by atoms with van der Waals surface area (Å²) < 4.78 is 6.49. The first-order chi connectivity index (χ1) is 9.81. The zero-order valence-corrected chi connectivity index (χ0v) is 12.3. The lowest BCUT2D eigenvalue weighted by molar-refractivity contribution is 0.322. The second-order valence-corrected chi connectivity index (χ2v) is 5.12. The number of benzene rings is 1. The van der Waals surface area contributed by atoms with Crippen LogP contribution in [-0.2, 0) is 0 Å². The summed E-state index contributed by atoms with van der Waals surface area (Å²) in [5.41, 5.74) is 3.55. The minimum Gasteiger partial charge on any atom is -0.491 e. The van der Waals surface area contributed by atoms with Gasteiger partial charge in [0.2, 0.25) is 0 Å². The number of nitrogens with one attached hydrogen (secondary N) is 1. The largest absolute Gasteiger partial charge is 0.491 e. The van der Waals surface area contributed by atoms with E-state index in [9.17, 15) is 0 Å². The van der Waals surface area contributed by atoms with Gasteiger partial charge < -0.3 is 15.1 Å². The van der Waals surface area contributed by atoms with Gasteiger partial charge >= 0.3 is 0 Å². The van der Waals surface area contributed by atoms with Crippen molar-refractivity contribution in [3.05, 3.63) is 35.1 Å². The van der Waals surface area contributed by atoms with Crippen LogP contribution in [-0.4, -0.2) is 23.1 Å². The highest BCUT2D eigenvalue weighted by Crippen LogP contribution is 2.39. The van der Waals surface area contributed by atoms with Crippen LogP contribution in [0.15, 0.2) is 35.1 Å². The molecule has 1 aliphatic heterocycles. The van der Waals surface area contributed by atoms with Crippen molar-refractivity contribution in [2.75, 3.05) is 23.5 Å². The minimum absolute atomic E-state index is 0.553. The molecule has 2 aromatic rings. The molecule has 20 heavy (non-hydrogen) atoms. The zero-order valence-electron chi connectivity index (χ0n) is 10.7. The molecule has 3 N–H and O–H groups in total. The standard InChI is InChI=1S/C13H14BrN5O/c14-11-12(18-15)16-8-17-13(11)19-6-3-7-20-10-5-2-1-4-9(10)19/h1-2,4-5,8H,3,6-7,15H2,(H,16,17,18). The first-order valence-corrected chi connectivity index (χ1v) is 7.07. The van der Waals surface area contributed by atoms with Gasteiger partial charge in [0.25, 0.3) is 0 Å². The molecular formula is C13H14BrN5O. The van der Waals surface area contributed by atoms with E-state index in [0.717, 1.165) is 34.7 Å². The summed E-state index contributed by atoms with van der Waals surface area (Å²) in [6, 6.07) is 7.93. The molecule has 2 heterocycles. The summed E-state index contributed by atoms with van der Waals surface area (Å²) in [5, 5.41) is 0. The Morgan fingerprint density at radius 1 is 1.30 bits per heavy atom. The lowest BCUT2D eigenvalue weighted by atomic mass is 10.2. The summed E-state index contributed by atoms with van der Waals surface area (Å²) in [4.78, 5) is 10.6. The molecule has 0 radical (unpaired) electrons. The third kappa shape index (κ3) is 2.30. The molecule has 0 saturated heterocycles. The van der Waals surface area contributed by atoms with Crippen LogP contribution in [0, 0.1) is 0 Å². The Bertz CT molecular complexity index is 621. The lowest BCUT2D eigenvalue weighted by Gasteiger charge is -2.24. The molecule has 1 aromatic carbocycles. The number of ether oxygens (including phenoxy) is 1. The predicted octanol–water partition coefficient (Wildman–Crippen LogP) is 2.45. The van der Waals surface area contributed by atoms with Gasteiger partial charge in [-0.1, -0.05) is 12.1 Å². The molecule has 1 aliphatic rings. The second kappa shape index (κ2) is 5.64. The molecule has 0 atom stereocenters. The van der Waals surface area contributed by atoms with Crippen LogP contribution < -0.4 is 20.9 Å². The first-order valence-electron chi connectivity index (χ1n) is 6.27. The topological polar surface area (TPSA) is 76.3 Å². The van der Waals surface area contributed by atoms with Gasteiger partial charge in [0.1, 0.15) is 16.5 Å². The van der Waals surface area contributed by atoms with Crippen molar-refractivity contribution >= 4 is 33.3 Å².